The van der Waals surface area contributed by atoms with Gasteiger partial charge in [-0.1, -0.05) is 0 Å². The fourth-order valence-electron chi connectivity index (χ4n) is 13.3. The van der Waals surface area contributed by atoms with Crippen molar-refractivity contribution >= 4 is 170 Å². The first kappa shape index (κ1) is 109. The van der Waals surface area contributed by atoms with Gasteiger partial charge in [-0.2, -0.15) is 51.5 Å². The lowest BCUT2D eigenvalue weighted by molar-refractivity contribution is -0.155. The summed E-state index contributed by atoms with van der Waals surface area (Å²) in [5, 5.41) is 60.3. The number of ether oxygens (including phenoxy) is 4. The van der Waals surface area contributed by atoms with Gasteiger partial charge < -0.3 is 55.5 Å². The molecule has 2 fully saturated rings. The van der Waals surface area contributed by atoms with Crippen LogP contribution < -0.4 is 21.3 Å². The Hall–Kier alpha value is -14.7. The summed E-state index contributed by atoms with van der Waals surface area (Å²) in [5.74, 6) is -10.4. The molecule has 18 heterocycles. The molecule has 0 radical (unpaired) electrons. The van der Waals surface area contributed by atoms with Gasteiger partial charge in [0.05, 0.1) is 93.5 Å². The first-order chi connectivity index (χ1) is 66.8. The summed E-state index contributed by atoms with van der Waals surface area (Å²) in [6, 6.07) is 4.40. The molecule has 143 heavy (non-hydrogen) atoms. The second-order valence-electron chi connectivity index (χ2n) is 32.1. The van der Waals surface area contributed by atoms with Crippen molar-refractivity contribution in [1.82, 2.24) is 117 Å². The number of carboxylic acids is 3. The number of halogens is 17. The first-order valence-corrected chi connectivity index (χ1v) is 44.9. The number of carboxylic acid groups (broad SMARTS) is 3. The van der Waals surface area contributed by atoms with Gasteiger partial charge in [0.15, 0.2) is 68.5 Å². The van der Waals surface area contributed by atoms with Gasteiger partial charge in [-0.15, -0.1) is 53.3 Å². The number of rotatable bonds is 14. The van der Waals surface area contributed by atoms with Gasteiger partial charge in [0.2, 0.25) is 32.0 Å². The van der Waals surface area contributed by atoms with Crippen LogP contribution in [0.5, 0.6) is 0 Å². The summed E-state index contributed by atoms with van der Waals surface area (Å²) < 4.78 is 214. The second-order valence-corrected chi connectivity index (χ2v) is 36.2. The van der Waals surface area contributed by atoms with Crippen LogP contribution in [0.15, 0.2) is 106 Å². The molecule has 0 aromatic carbocycles. The van der Waals surface area contributed by atoms with Crippen molar-refractivity contribution in [3.8, 4) is 21.1 Å². The number of aromatic nitrogens is 24. The molecule has 0 amide bonds. The molecule has 61 heteroatoms. The number of methoxy groups -OCH3 is 2. The van der Waals surface area contributed by atoms with Gasteiger partial charge in [0.25, 0.3) is 6.43 Å². The highest BCUT2D eigenvalue weighted by Gasteiger charge is 2.49. The van der Waals surface area contributed by atoms with Crippen LogP contribution in [0, 0.1) is 48.8 Å². The maximum absolute atomic E-state index is 14.3. The maximum Gasteiger partial charge on any atom is 0.408 e. The van der Waals surface area contributed by atoms with Crippen molar-refractivity contribution in [2.45, 2.75) is 136 Å². The highest BCUT2D eigenvalue weighted by molar-refractivity contribution is 9.10. The lowest BCUT2D eigenvalue weighted by Crippen LogP contribution is -2.41. The van der Waals surface area contributed by atoms with E-state index in [9.17, 15) is 95.0 Å². The topological polar surface area (TPSA) is 518 Å². The van der Waals surface area contributed by atoms with Crippen LogP contribution >= 0.6 is 70.5 Å². The molecule has 0 bridgehead atoms. The minimum absolute atomic E-state index is 0.00948. The minimum atomic E-state index is -4.39. The van der Waals surface area contributed by atoms with Gasteiger partial charge in [-0.05, 0) is 141 Å². The van der Waals surface area contributed by atoms with Gasteiger partial charge in [-0.3, -0.25) is 19.0 Å². The number of pyridine rings is 6. The molecule has 2 aliphatic heterocycles. The van der Waals surface area contributed by atoms with E-state index < -0.39 is 124 Å². The van der Waals surface area contributed by atoms with Crippen LogP contribution in [-0.2, 0) is 55.5 Å². The maximum atomic E-state index is 14.3. The van der Waals surface area contributed by atoms with E-state index in [2.05, 4.69) is 138 Å². The molecule has 2 saturated heterocycles. The van der Waals surface area contributed by atoms with Crippen molar-refractivity contribution in [3.05, 3.63) is 196 Å². The average Bonchev–Trinajstić information content (AvgIpc) is 1.63. The van der Waals surface area contributed by atoms with Crippen LogP contribution in [0.2, 0.25) is 0 Å². The summed E-state index contributed by atoms with van der Waals surface area (Å²) in [6.45, 7) is 14.2. The fraction of sp³-hybridized carbons (Fsp3) is 0.329. The van der Waals surface area contributed by atoms with Crippen molar-refractivity contribution in [2.75, 3.05) is 48.6 Å². The monoisotopic (exact) mass is 2240 g/mol. The Kier molecular flexibility index (Phi) is 34.0. The number of hydrogen-bond acceptors (Lipinski definition) is 33. The lowest BCUT2D eigenvalue weighted by Gasteiger charge is -2.24. The quantitative estimate of drug-likeness (QED) is 0.0383. The number of nitrogens with two attached hydrogens (primary N) is 2. The normalized spacial score (nSPS) is 13.6. The number of alkyl halides is 8. The molecular formula is C82H77Br3F14N28O14S2. The number of nitrogen functional groups attached to an aromatic ring is 2. The van der Waals surface area contributed by atoms with E-state index in [-0.39, 0.29) is 140 Å². The Labute approximate surface area is 827 Å². The number of carbonyl (C=O) groups excluding carboxylic acids is 4. The van der Waals surface area contributed by atoms with Crippen LogP contribution in [0.25, 0.3) is 55.0 Å². The van der Waals surface area contributed by atoms with Gasteiger partial charge in [0.1, 0.15) is 67.3 Å². The largest absolute Gasteiger partial charge is 0.478 e. The third-order valence-corrected chi connectivity index (χ3v) is 22.4. The highest BCUT2D eigenvalue weighted by atomic mass is 79.9. The Bertz CT molecular complexity index is 7320. The van der Waals surface area contributed by atoms with Crippen LogP contribution in [-0.4, -0.2) is 237 Å². The number of thiazole rings is 2. The molecule has 0 saturated carbocycles. The number of nitrogens with zero attached hydrogens (tertiary/aromatic N) is 26. The van der Waals surface area contributed by atoms with Gasteiger partial charge >= 0.3 is 54.1 Å². The highest BCUT2D eigenvalue weighted by Crippen LogP contribution is 2.39. The molecule has 0 unspecified atom stereocenters. The summed E-state index contributed by atoms with van der Waals surface area (Å²) >= 11 is 11.6. The van der Waals surface area contributed by atoms with E-state index in [1.54, 1.807) is 48.6 Å². The van der Waals surface area contributed by atoms with Crippen LogP contribution in [0.4, 0.5) is 85.0 Å². The smallest absolute Gasteiger partial charge is 0.408 e. The molecule has 0 aliphatic carbocycles. The van der Waals surface area contributed by atoms with Crippen molar-refractivity contribution in [3.63, 3.8) is 0 Å². The standard InChI is InChI=1S/C17H20F4N4O2.C12H13BrFN3O2.C11H11F4N5.C10H9F2N3O2S.C9H9N3O2S.C8H5BrFN3O2.C8H7FN4O2.C7H3BrFN3O2/c1-16(2,3)27-14(26)8-10-7-13-22-15(23-25(13)9-11(10)18)24-6-4-5-12(24)17(19,20)21;1-12(2,3)19-10(18)5-7-4-9-15-11(13)16-17(9)6-8(7)14;12-6-5-20-9(4-7(6)16)17-10(18-20)19-3-1-2-8(19)11(13,14)15;1-4-6(8(11)12)14-9(18-4)5-3-13-15(2)7(5)10(16)17;1-5-4-15-8(11-5)6-3-10-12(2)7(6)9(13)14;1-15-7(14)4-2-6-11-8(9)12-13(6)3-5(4)10;1-15-7(14)4-2-6-11-8(10)12-13(6)3-5(4)9;8-7-10-5-1-3(6(13)14)4(9)2-12(5)11-7/h7,9,12H,4-6,8H2,1-3H3;4,6H,5H2,1-3H3;4-5,8H,1-3,16H2;3,8H,1-2H3,(H,16,17);3-4H,1-2H3,(H,13,14);2-3H,1H3;2-3H,1H3,(H2,10,12);1-2H,(H,13,14)/t12-;;8-;;;;;/m1.1...../s1. The van der Waals surface area contributed by atoms with E-state index in [0.717, 1.165) is 81.9 Å². The molecule has 42 nitrogen and oxygen atoms in total. The molecule has 18 rings (SSSR count). The minimum Gasteiger partial charge on any atom is -0.478 e. The Morgan fingerprint density at radius 2 is 0.839 bits per heavy atom. The SMILES string of the molecule is CC(C)(C)OC(=O)Cc1cc2nc(Br)nn2cc1F.CC(C)(C)OC(=O)Cc1cc2nc(N3CCC[C@@H]3C(F)(F)F)nn2cc1F.COC(=O)c1cc2nc(Br)nn2cc1F.COC(=O)c1cc2nc(N)nn2cc1F.Cc1csc(-c2cnn(C)c2C(=O)O)n1.Cc1sc(-c2cnn(C)c2C(=O)O)nc1C(F)F.Nc1cc2nc(N3CCC[C@@H]3C(F)(F)F)nn2cc1F.O=C(O)c1cc2nc(Br)nn2cc1F. The summed E-state index contributed by atoms with van der Waals surface area (Å²) in [4.78, 5) is 113. The summed E-state index contributed by atoms with van der Waals surface area (Å²) in [7, 11) is 5.44. The van der Waals surface area contributed by atoms with Crippen molar-refractivity contribution in [2.24, 2.45) is 14.1 Å². The molecule has 16 aromatic rings. The number of aromatic carboxylic acids is 3. The molecule has 2 aliphatic rings. The van der Waals surface area contributed by atoms with Crippen LogP contribution in [0.1, 0.15) is 153 Å². The number of fused-ring (bicyclic) bond motifs is 6. The molecule has 7 N–H and O–H groups in total. The van der Waals surface area contributed by atoms with Gasteiger partial charge in [0, 0.05) is 78.5 Å². The zero-order chi connectivity index (χ0) is 105. The number of hydrogen-bond donors (Lipinski definition) is 5. The zero-order valence-electron chi connectivity index (χ0n) is 75.9. The second kappa shape index (κ2) is 44.7. The zero-order valence-corrected chi connectivity index (χ0v) is 82.3. The van der Waals surface area contributed by atoms with E-state index in [0.29, 0.717) is 49.1 Å². The summed E-state index contributed by atoms with van der Waals surface area (Å²) in [6.07, 6.45) is -1.97. The fourth-order valence-corrected chi connectivity index (χ4v) is 16.1. The number of anilines is 4. The summed E-state index contributed by atoms with van der Waals surface area (Å²) in [5.41, 5.74) is 12.1. The Balaban J connectivity index is 0.000000157. The van der Waals surface area contributed by atoms with E-state index in [1.807, 2.05) is 12.3 Å². The molecule has 760 valence electrons. The van der Waals surface area contributed by atoms with E-state index in [4.69, 9.17) is 36.3 Å². The van der Waals surface area contributed by atoms with Crippen molar-refractivity contribution < 1.29 is 129 Å². The lowest BCUT2D eigenvalue weighted by atomic mass is 10.1. The number of carbonyl (C=O) groups is 7. The third-order valence-electron chi connectivity index (χ3n) is 19.4. The van der Waals surface area contributed by atoms with Crippen LogP contribution in [0.3, 0.4) is 0 Å². The Morgan fingerprint density at radius 3 is 1.22 bits per heavy atom. The third kappa shape index (κ3) is 27.4. The predicted molar refractivity (Wildman–Crippen MR) is 488 cm³/mol. The van der Waals surface area contributed by atoms with Crippen molar-refractivity contribution in [1.29, 1.82) is 0 Å². The Morgan fingerprint density at radius 1 is 0.476 bits per heavy atom. The van der Waals surface area contributed by atoms with E-state index >= 15 is 0 Å². The molecule has 0 spiro atoms. The predicted octanol–water partition coefficient (Wildman–Crippen LogP) is 14.8. The average molecular weight is 2250 g/mol. The molecule has 16 aromatic heterocycles. The molecule has 2 atom stereocenters. The number of aryl methyl sites for hydroxylation is 4. The first-order valence-electron chi connectivity index (χ1n) is 40.9. The number of esters is 4. The van der Waals surface area contributed by atoms with Gasteiger partial charge in [-0.25, -0.2) is 111 Å². The van der Waals surface area contributed by atoms with E-state index in [1.165, 1.54) is 107 Å². The molecular weight excluding hydrogens is 2170 g/mol.